The number of thiophene rings is 1. The molecule has 2 heteroatoms. The smallest absolute Gasteiger partial charge is 0.0476 e. The summed E-state index contributed by atoms with van der Waals surface area (Å²) in [5, 5.41) is 2.65. The van der Waals surface area contributed by atoms with E-state index in [1.54, 1.807) is 0 Å². The van der Waals surface area contributed by atoms with Crippen LogP contribution in [0.15, 0.2) is 127 Å². The Hall–Kier alpha value is -3.88. The van der Waals surface area contributed by atoms with E-state index in [1.807, 2.05) is 11.3 Å². The molecule has 0 fully saturated rings. The summed E-state index contributed by atoms with van der Waals surface area (Å²) in [6.45, 7) is 0. The average molecular weight is 428 g/mol. The predicted octanol–water partition coefficient (Wildman–Crippen LogP) is 9.19. The molecule has 152 valence electrons. The minimum absolute atomic E-state index is 1.15. The highest BCUT2D eigenvalue weighted by molar-refractivity contribution is 7.25. The van der Waals surface area contributed by atoms with Gasteiger partial charge in [-0.05, 0) is 53.6 Å². The molecule has 1 aromatic heterocycles. The van der Waals surface area contributed by atoms with E-state index in [9.17, 15) is 0 Å². The molecule has 6 rings (SSSR count). The van der Waals surface area contributed by atoms with Crippen LogP contribution in [-0.4, -0.2) is 0 Å². The maximum Gasteiger partial charge on any atom is 0.0476 e. The predicted molar refractivity (Wildman–Crippen MR) is 139 cm³/mol. The molecule has 0 aliphatic rings. The minimum Gasteiger partial charge on any atom is -0.310 e. The van der Waals surface area contributed by atoms with Crippen LogP contribution in [0.1, 0.15) is 0 Å². The molecule has 0 unspecified atom stereocenters. The number of benzene rings is 5. The quantitative estimate of drug-likeness (QED) is 0.271. The molecule has 1 heterocycles. The molecule has 0 saturated heterocycles. The van der Waals surface area contributed by atoms with Gasteiger partial charge in [-0.1, -0.05) is 84.9 Å². The van der Waals surface area contributed by atoms with Gasteiger partial charge >= 0.3 is 0 Å². The normalized spacial score (nSPS) is 11.1. The van der Waals surface area contributed by atoms with E-state index in [-0.39, 0.29) is 0 Å². The molecule has 0 radical (unpaired) electrons. The Morgan fingerprint density at radius 1 is 0.406 bits per heavy atom. The Morgan fingerprint density at radius 3 is 1.75 bits per heavy atom. The molecule has 0 atom stereocenters. The third kappa shape index (κ3) is 3.35. The Kier molecular flexibility index (Phi) is 4.71. The zero-order valence-corrected chi connectivity index (χ0v) is 18.3. The fraction of sp³-hybridized carbons (Fsp3) is 0. The SMILES string of the molecule is c1ccc(-c2ccc(N(c3ccccc3)c3ccc4c(c3)sc3ccccc34)cc2)cc1. The topological polar surface area (TPSA) is 3.24 Å². The van der Waals surface area contributed by atoms with E-state index in [1.165, 1.54) is 37.0 Å². The van der Waals surface area contributed by atoms with Gasteiger partial charge in [0, 0.05) is 37.2 Å². The first kappa shape index (κ1) is 18.9. The minimum atomic E-state index is 1.15. The van der Waals surface area contributed by atoms with Crippen LogP contribution in [0.3, 0.4) is 0 Å². The first-order valence-electron chi connectivity index (χ1n) is 10.8. The van der Waals surface area contributed by atoms with Crippen molar-refractivity contribution in [2.24, 2.45) is 0 Å². The van der Waals surface area contributed by atoms with Gasteiger partial charge in [-0.3, -0.25) is 0 Å². The molecule has 32 heavy (non-hydrogen) atoms. The molecule has 0 aliphatic carbocycles. The lowest BCUT2D eigenvalue weighted by Gasteiger charge is -2.25. The molecule has 0 saturated carbocycles. The van der Waals surface area contributed by atoms with Crippen molar-refractivity contribution >= 4 is 48.6 Å². The highest BCUT2D eigenvalue weighted by Gasteiger charge is 2.14. The molecular weight excluding hydrogens is 406 g/mol. The second kappa shape index (κ2) is 7.99. The molecule has 1 nitrogen and oxygen atoms in total. The second-order valence-corrected chi connectivity index (χ2v) is 8.95. The van der Waals surface area contributed by atoms with Gasteiger partial charge < -0.3 is 4.90 Å². The molecule has 6 aromatic rings. The van der Waals surface area contributed by atoms with E-state index in [2.05, 4.69) is 132 Å². The number of anilines is 3. The van der Waals surface area contributed by atoms with E-state index in [0.717, 1.165) is 11.4 Å². The van der Waals surface area contributed by atoms with Crippen molar-refractivity contribution in [1.29, 1.82) is 0 Å². The van der Waals surface area contributed by atoms with Gasteiger partial charge in [-0.15, -0.1) is 11.3 Å². The van der Waals surface area contributed by atoms with Crippen molar-refractivity contribution in [3.05, 3.63) is 127 Å². The van der Waals surface area contributed by atoms with Gasteiger partial charge in [-0.25, -0.2) is 0 Å². The van der Waals surface area contributed by atoms with Crippen molar-refractivity contribution in [2.75, 3.05) is 4.90 Å². The third-order valence-electron chi connectivity index (χ3n) is 5.87. The van der Waals surface area contributed by atoms with Crippen molar-refractivity contribution in [2.45, 2.75) is 0 Å². The zero-order valence-electron chi connectivity index (χ0n) is 17.5. The van der Waals surface area contributed by atoms with E-state index < -0.39 is 0 Å². The van der Waals surface area contributed by atoms with Crippen molar-refractivity contribution < 1.29 is 0 Å². The standard InChI is InChI=1S/C30H21NS/c1-3-9-22(10-4-1)23-15-17-25(18-16-23)31(24-11-5-2-6-12-24)26-19-20-28-27-13-7-8-14-29(27)32-30(28)21-26/h1-21H. The fourth-order valence-corrected chi connectivity index (χ4v) is 5.45. The summed E-state index contributed by atoms with van der Waals surface area (Å²) in [4.78, 5) is 2.33. The van der Waals surface area contributed by atoms with Crippen molar-refractivity contribution in [3.63, 3.8) is 0 Å². The molecule has 5 aromatic carbocycles. The van der Waals surface area contributed by atoms with Gasteiger partial charge in [0.25, 0.3) is 0 Å². The van der Waals surface area contributed by atoms with Gasteiger partial charge in [0.2, 0.25) is 0 Å². The number of fused-ring (bicyclic) bond motifs is 3. The van der Waals surface area contributed by atoms with E-state index >= 15 is 0 Å². The summed E-state index contributed by atoms with van der Waals surface area (Å²) in [5.41, 5.74) is 5.93. The highest BCUT2D eigenvalue weighted by Crippen LogP contribution is 2.40. The zero-order chi connectivity index (χ0) is 21.3. The summed E-state index contributed by atoms with van der Waals surface area (Å²) in [6, 6.07) is 45.4. The molecule has 0 spiro atoms. The average Bonchev–Trinajstić information content (AvgIpc) is 3.24. The first-order valence-corrected chi connectivity index (χ1v) is 11.6. The second-order valence-electron chi connectivity index (χ2n) is 7.86. The molecule has 0 amide bonds. The Morgan fingerprint density at radius 2 is 0.969 bits per heavy atom. The molecular formula is C30H21NS. The number of para-hydroxylation sites is 1. The lowest BCUT2D eigenvalue weighted by atomic mass is 10.0. The van der Waals surface area contributed by atoms with Gasteiger partial charge in [-0.2, -0.15) is 0 Å². The Bertz CT molecular complexity index is 1500. The lowest BCUT2D eigenvalue weighted by molar-refractivity contribution is 1.29. The Balaban J connectivity index is 1.48. The van der Waals surface area contributed by atoms with Crippen molar-refractivity contribution in [3.8, 4) is 11.1 Å². The largest absolute Gasteiger partial charge is 0.310 e. The summed E-state index contributed by atoms with van der Waals surface area (Å²) in [5.74, 6) is 0. The van der Waals surface area contributed by atoms with Crippen LogP contribution in [0, 0.1) is 0 Å². The van der Waals surface area contributed by atoms with Crippen LogP contribution in [0.4, 0.5) is 17.1 Å². The summed E-state index contributed by atoms with van der Waals surface area (Å²) in [6.07, 6.45) is 0. The first-order chi connectivity index (χ1) is 15.9. The molecule has 0 bridgehead atoms. The van der Waals surface area contributed by atoms with Crippen LogP contribution in [0.25, 0.3) is 31.3 Å². The van der Waals surface area contributed by atoms with Crippen molar-refractivity contribution in [1.82, 2.24) is 0 Å². The maximum absolute atomic E-state index is 2.33. The monoisotopic (exact) mass is 427 g/mol. The number of nitrogens with zero attached hydrogens (tertiary/aromatic N) is 1. The van der Waals surface area contributed by atoms with Crippen LogP contribution in [-0.2, 0) is 0 Å². The number of hydrogen-bond donors (Lipinski definition) is 0. The van der Waals surface area contributed by atoms with Gasteiger partial charge in [0.1, 0.15) is 0 Å². The lowest BCUT2D eigenvalue weighted by Crippen LogP contribution is -2.09. The number of rotatable bonds is 4. The van der Waals surface area contributed by atoms with Crippen LogP contribution in [0.5, 0.6) is 0 Å². The van der Waals surface area contributed by atoms with Crippen LogP contribution in [0.2, 0.25) is 0 Å². The highest BCUT2D eigenvalue weighted by atomic mass is 32.1. The molecule has 0 N–H and O–H groups in total. The van der Waals surface area contributed by atoms with Gasteiger partial charge in [0.15, 0.2) is 0 Å². The third-order valence-corrected chi connectivity index (χ3v) is 7.00. The summed E-state index contributed by atoms with van der Waals surface area (Å²) >= 11 is 1.86. The molecule has 0 aliphatic heterocycles. The Labute approximate surface area is 191 Å². The number of hydrogen-bond acceptors (Lipinski definition) is 2. The van der Waals surface area contributed by atoms with Crippen LogP contribution >= 0.6 is 11.3 Å². The fourth-order valence-electron chi connectivity index (χ4n) is 4.31. The maximum atomic E-state index is 2.33. The van der Waals surface area contributed by atoms with E-state index in [4.69, 9.17) is 0 Å². The van der Waals surface area contributed by atoms with Crippen LogP contribution < -0.4 is 4.90 Å². The summed E-state index contributed by atoms with van der Waals surface area (Å²) < 4.78 is 2.64. The van der Waals surface area contributed by atoms with Gasteiger partial charge in [0.05, 0.1) is 0 Å². The summed E-state index contributed by atoms with van der Waals surface area (Å²) in [7, 11) is 0. The van der Waals surface area contributed by atoms with E-state index in [0.29, 0.717) is 0 Å².